The number of aromatic hydroxyl groups is 1. The van der Waals surface area contributed by atoms with Crippen molar-refractivity contribution in [1.29, 1.82) is 0 Å². The van der Waals surface area contributed by atoms with E-state index in [2.05, 4.69) is 39.8 Å². The summed E-state index contributed by atoms with van der Waals surface area (Å²) in [6.07, 6.45) is 9.82. The Bertz CT molecular complexity index is 975. The van der Waals surface area contributed by atoms with Gasteiger partial charge < -0.3 is 14.9 Å². The Kier molecular flexibility index (Phi) is 11.2. The van der Waals surface area contributed by atoms with E-state index in [1.54, 1.807) is 24.3 Å². The van der Waals surface area contributed by atoms with Gasteiger partial charge in [-0.25, -0.2) is 9.69 Å². The minimum absolute atomic E-state index is 0.159. The van der Waals surface area contributed by atoms with Crippen LogP contribution in [-0.2, 0) is 12.8 Å². The van der Waals surface area contributed by atoms with Crippen LogP contribution in [0.25, 0.3) is 0 Å². The molecule has 0 heterocycles. The fourth-order valence-electron chi connectivity index (χ4n) is 3.69. The first-order chi connectivity index (χ1) is 16.3. The maximum absolute atomic E-state index is 11.9. The van der Waals surface area contributed by atoms with Gasteiger partial charge in [0.25, 0.3) is 0 Å². The second-order valence-electron chi connectivity index (χ2n) is 8.94. The van der Waals surface area contributed by atoms with Gasteiger partial charge in [-0.05, 0) is 82.7 Å². The van der Waals surface area contributed by atoms with E-state index >= 15 is 0 Å². The minimum Gasteiger partial charge on any atom is -0.508 e. The third-order valence-corrected chi connectivity index (χ3v) is 5.71. The molecule has 2 rings (SSSR count). The molecule has 0 atom stereocenters. The van der Waals surface area contributed by atoms with Crippen LogP contribution >= 0.6 is 0 Å². The van der Waals surface area contributed by atoms with Crippen molar-refractivity contribution in [3.63, 3.8) is 0 Å². The lowest BCUT2D eigenvalue weighted by Crippen LogP contribution is -2.33. The number of rotatable bonds is 13. The minimum atomic E-state index is -1.09. The molecule has 34 heavy (non-hydrogen) atoms. The molecular formula is C29H39NO4. The summed E-state index contributed by atoms with van der Waals surface area (Å²) in [4.78, 5) is 13.0. The van der Waals surface area contributed by atoms with Crippen LogP contribution < -0.4 is 9.64 Å². The second kappa shape index (κ2) is 14.1. The Morgan fingerprint density at radius 1 is 1.06 bits per heavy atom. The Morgan fingerprint density at radius 3 is 2.44 bits per heavy atom. The van der Waals surface area contributed by atoms with E-state index in [-0.39, 0.29) is 12.5 Å². The molecule has 0 saturated carbocycles. The lowest BCUT2D eigenvalue weighted by atomic mass is 10.00. The average Bonchev–Trinajstić information content (AvgIpc) is 2.79. The highest BCUT2D eigenvalue weighted by molar-refractivity contribution is 5.85. The Balaban J connectivity index is 2.26. The maximum Gasteiger partial charge on any atom is 0.414 e. The van der Waals surface area contributed by atoms with Crippen LogP contribution in [0, 0.1) is 0 Å². The largest absolute Gasteiger partial charge is 0.508 e. The molecule has 2 aromatic rings. The van der Waals surface area contributed by atoms with Crippen molar-refractivity contribution >= 4 is 11.8 Å². The van der Waals surface area contributed by atoms with Gasteiger partial charge in [0.1, 0.15) is 11.5 Å². The number of phenols is 1. The summed E-state index contributed by atoms with van der Waals surface area (Å²) >= 11 is 0. The van der Waals surface area contributed by atoms with Crippen molar-refractivity contribution in [2.24, 2.45) is 0 Å². The number of hydrogen-bond donors (Lipinski definition) is 2. The number of anilines is 1. The molecule has 0 aliphatic heterocycles. The molecule has 2 N–H and O–H groups in total. The summed E-state index contributed by atoms with van der Waals surface area (Å²) in [7, 11) is 0. The molecule has 1 amide bonds. The summed E-state index contributed by atoms with van der Waals surface area (Å²) in [5.74, 6) is 0.723. The molecule has 0 unspecified atom stereocenters. The summed E-state index contributed by atoms with van der Waals surface area (Å²) in [6.45, 7) is 8.28. The summed E-state index contributed by atoms with van der Waals surface area (Å²) in [5, 5.41) is 20.5. The summed E-state index contributed by atoms with van der Waals surface area (Å²) in [5.41, 5.74) is 4.76. The number of carbonyl (C=O) groups is 1. The number of para-hydroxylation sites is 1. The van der Waals surface area contributed by atoms with Gasteiger partial charge in [-0.15, -0.1) is 0 Å². The standard InChI is InChI=1S/C29H39NO4/c1-5-6-8-14-24-19-27(31)26(18-17-23(4)13-11-12-22(2)3)28(20-24)34-21-30(29(32)33)25-15-9-7-10-16-25/h7,9-10,12,15-17,19-20,31H,5-6,8,11,13-14,18,21H2,1-4H3,(H,32,33)/b23-17+. The SMILES string of the molecule is CCCCCc1cc(O)c(C/C=C(\C)CCC=C(C)C)c(OCN(C(=O)O)c2ccccc2)c1. The van der Waals surface area contributed by atoms with Crippen LogP contribution in [0.5, 0.6) is 11.5 Å². The van der Waals surface area contributed by atoms with Crippen molar-refractivity contribution in [3.05, 3.63) is 76.9 Å². The van der Waals surface area contributed by atoms with Gasteiger partial charge in [0, 0.05) is 5.56 Å². The predicted molar refractivity (Wildman–Crippen MR) is 140 cm³/mol. The third kappa shape index (κ3) is 8.97. The monoisotopic (exact) mass is 465 g/mol. The molecule has 0 radical (unpaired) electrons. The third-order valence-electron chi connectivity index (χ3n) is 5.71. The van der Waals surface area contributed by atoms with E-state index in [0.29, 0.717) is 23.4 Å². The van der Waals surface area contributed by atoms with E-state index in [4.69, 9.17) is 4.74 Å². The molecule has 0 spiro atoms. The van der Waals surface area contributed by atoms with Gasteiger partial charge >= 0.3 is 6.09 Å². The Hall–Kier alpha value is -3.21. The molecular weight excluding hydrogens is 426 g/mol. The Morgan fingerprint density at radius 2 is 1.79 bits per heavy atom. The van der Waals surface area contributed by atoms with Crippen LogP contribution in [0.1, 0.15) is 70.9 Å². The van der Waals surface area contributed by atoms with E-state index in [1.807, 2.05) is 18.2 Å². The highest BCUT2D eigenvalue weighted by Crippen LogP contribution is 2.32. The topological polar surface area (TPSA) is 70.0 Å². The molecule has 0 fully saturated rings. The first kappa shape index (κ1) is 27.0. The molecule has 0 saturated heterocycles. The highest BCUT2D eigenvalue weighted by atomic mass is 16.5. The van der Waals surface area contributed by atoms with Crippen LogP contribution in [0.15, 0.2) is 65.8 Å². The lowest BCUT2D eigenvalue weighted by Gasteiger charge is -2.21. The summed E-state index contributed by atoms with van der Waals surface area (Å²) in [6, 6.07) is 12.6. The molecule has 5 nitrogen and oxygen atoms in total. The van der Waals surface area contributed by atoms with Gasteiger partial charge in [-0.3, -0.25) is 0 Å². The molecule has 0 aliphatic rings. The summed E-state index contributed by atoms with van der Waals surface area (Å²) < 4.78 is 6.03. The number of benzene rings is 2. The second-order valence-corrected chi connectivity index (χ2v) is 8.94. The zero-order valence-corrected chi connectivity index (χ0v) is 21.0. The normalized spacial score (nSPS) is 11.2. The fourth-order valence-corrected chi connectivity index (χ4v) is 3.69. The maximum atomic E-state index is 11.9. The van der Waals surface area contributed by atoms with Crippen molar-refractivity contribution in [1.82, 2.24) is 0 Å². The van der Waals surface area contributed by atoms with E-state index in [0.717, 1.165) is 49.0 Å². The van der Waals surface area contributed by atoms with E-state index in [9.17, 15) is 15.0 Å². The lowest BCUT2D eigenvalue weighted by molar-refractivity contribution is 0.192. The van der Waals surface area contributed by atoms with Gasteiger partial charge in [0.15, 0.2) is 6.73 Å². The number of unbranched alkanes of at least 4 members (excludes halogenated alkanes) is 2. The molecule has 0 aliphatic carbocycles. The first-order valence-corrected chi connectivity index (χ1v) is 12.1. The number of nitrogens with zero attached hydrogens (tertiary/aromatic N) is 1. The zero-order chi connectivity index (χ0) is 24.9. The molecule has 2 aromatic carbocycles. The van der Waals surface area contributed by atoms with Crippen molar-refractivity contribution < 1.29 is 19.7 Å². The number of phenolic OH excluding ortho intramolecular Hbond substituents is 1. The van der Waals surface area contributed by atoms with Crippen molar-refractivity contribution in [2.75, 3.05) is 11.6 Å². The van der Waals surface area contributed by atoms with E-state index in [1.165, 1.54) is 11.1 Å². The highest BCUT2D eigenvalue weighted by Gasteiger charge is 2.17. The molecule has 5 heteroatoms. The Labute approximate surface area is 204 Å². The number of amides is 1. The van der Waals surface area contributed by atoms with Crippen molar-refractivity contribution in [2.45, 2.75) is 72.6 Å². The van der Waals surface area contributed by atoms with Crippen LogP contribution in [0.4, 0.5) is 10.5 Å². The quantitative estimate of drug-likeness (QED) is 0.179. The van der Waals surface area contributed by atoms with Crippen LogP contribution in [-0.4, -0.2) is 23.0 Å². The van der Waals surface area contributed by atoms with Gasteiger partial charge in [-0.2, -0.15) is 0 Å². The fraction of sp³-hybridized carbons (Fsp3) is 0.414. The van der Waals surface area contributed by atoms with Crippen LogP contribution in [0.2, 0.25) is 0 Å². The molecule has 0 aromatic heterocycles. The van der Waals surface area contributed by atoms with Crippen LogP contribution in [0.3, 0.4) is 0 Å². The van der Waals surface area contributed by atoms with Gasteiger partial charge in [0.05, 0.1) is 5.69 Å². The number of hydrogen-bond acceptors (Lipinski definition) is 3. The van der Waals surface area contributed by atoms with Gasteiger partial charge in [0.2, 0.25) is 0 Å². The van der Waals surface area contributed by atoms with E-state index < -0.39 is 6.09 Å². The van der Waals surface area contributed by atoms with Gasteiger partial charge in [-0.1, -0.05) is 61.3 Å². The van der Waals surface area contributed by atoms with Crippen molar-refractivity contribution in [3.8, 4) is 11.5 Å². The average molecular weight is 466 g/mol. The number of aryl methyl sites for hydroxylation is 1. The molecule has 0 bridgehead atoms. The number of carboxylic acid groups (broad SMARTS) is 1. The molecule has 184 valence electrons. The smallest absolute Gasteiger partial charge is 0.414 e. The zero-order valence-electron chi connectivity index (χ0n) is 21.0. The predicted octanol–water partition coefficient (Wildman–Crippen LogP) is 7.88. The first-order valence-electron chi connectivity index (χ1n) is 12.1. The number of allylic oxidation sites excluding steroid dienone is 4. The number of ether oxygens (including phenoxy) is 1.